The van der Waals surface area contributed by atoms with Gasteiger partial charge in [0.2, 0.25) is 11.8 Å². The van der Waals surface area contributed by atoms with E-state index in [2.05, 4.69) is 5.32 Å². The molecule has 1 rings (SSSR count). The minimum absolute atomic E-state index is 0.0598. The van der Waals surface area contributed by atoms with E-state index < -0.39 is 30.2 Å². The summed E-state index contributed by atoms with van der Waals surface area (Å²) < 4.78 is 1.55. The largest absolute Gasteiger partial charge is 0.480 e. The SMILES string of the molecule is Cc1csc(=O)n1CCCC(=O)N[C@@H](CC(N)=O)C(=O)O. The first-order valence-electron chi connectivity index (χ1n) is 6.26. The van der Waals surface area contributed by atoms with Crippen molar-refractivity contribution in [1.82, 2.24) is 9.88 Å². The van der Waals surface area contributed by atoms with Crippen LogP contribution in [-0.2, 0) is 20.9 Å². The summed E-state index contributed by atoms with van der Waals surface area (Å²) in [6.45, 7) is 2.18. The van der Waals surface area contributed by atoms with Crippen molar-refractivity contribution >= 4 is 29.1 Å². The van der Waals surface area contributed by atoms with Crippen LogP contribution in [0.4, 0.5) is 0 Å². The van der Waals surface area contributed by atoms with Crippen LogP contribution in [0.3, 0.4) is 0 Å². The normalized spacial score (nSPS) is 11.9. The van der Waals surface area contributed by atoms with Crippen LogP contribution in [0.5, 0.6) is 0 Å². The zero-order chi connectivity index (χ0) is 16.0. The lowest BCUT2D eigenvalue weighted by Gasteiger charge is -2.12. The second-order valence-corrected chi connectivity index (χ2v) is 5.35. The van der Waals surface area contributed by atoms with Gasteiger partial charge in [-0.25, -0.2) is 4.79 Å². The molecule has 0 unspecified atom stereocenters. The lowest BCUT2D eigenvalue weighted by Crippen LogP contribution is -2.43. The highest BCUT2D eigenvalue weighted by molar-refractivity contribution is 7.07. The van der Waals surface area contributed by atoms with E-state index >= 15 is 0 Å². The van der Waals surface area contributed by atoms with Crippen LogP contribution in [0.15, 0.2) is 10.2 Å². The van der Waals surface area contributed by atoms with Crippen molar-refractivity contribution < 1.29 is 19.5 Å². The van der Waals surface area contributed by atoms with Gasteiger partial charge in [-0.05, 0) is 13.3 Å². The van der Waals surface area contributed by atoms with E-state index in [1.54, 1.807) is 16.9 Å². The van der Waals surface area contributed by atoms with Gasteiger partial charge >= 0.3 is 10.8 Å². The van der Waals surface area contributed by atoms with Gasteiger partial charge in [0.05, 0.1) is 6.42 Å². The third-order valence-electron chi connectivity index (χ3n) is 2.80. The first-order chi connectivity index (χ1) is 9.81. The molecule has 0 saturated carbocycles. The van der Waals surface area contributed by atoms with Crippen molar-refractivity contribution in [3.8, 4) is 0 Å². The predicted molar refractivity (Wildman–Crippen MR) is 75.9 cm³/mol. The van der Waals surface area contributed by atoms with Gasteiger partial charge in [0.15, 0.2) is 0 Å². The molecule has 0 saturated heterocycles. The number of aryl methyl sites for hydroxylation is 1. The van der Waals surface area contributed by atoms with Crippen LogP contribution in [0, 0.1) is 6.92 Å². The highest BCUT2D eigenvalue weighted by Crippen LogP contribution is 2.03. The predicted octanol–water partition coefficient (Wildman–Crippen LogP) is -0.557. The molecule has 0 aliphatic carbocycles. The number of nitrogens with zero attached hydrogens (tertiary/aromatic N) is 1. The maximum absolute atomic E-state index is 11.6. The number of primary amides is 1. The lowest BCUT2D eigenvalue weighted by atomic mass is 10.2. The number of rotatable bonds is 8. The number of carbonyl (C=O) groups excluding carboxylic acids is 2. The number of carboxylic acids is 1. The monoisotopic (exact) mass is 315 g/mol. The zero-order valence-electron chi connectivity index (χ0n) is 11.5. The van der Waals surface area contributed by atoms with Crippen molar-refractivity contribution in [2.75, 3.05) is 0 Å². The Bertz CT molecular complexity index is 592. The minimum Gasteiger partial charge on any atom is -0.480 e. The van der Waals surface area contributed by atoms with Gasteiger partial charge < -0.3 is 20.7 Å². The fourth-order valence-electron chi connectivity index (χ4n) is 1.74. The first kappa shape index (κ1) is 16.9. The molecule has 0 radical (unpaired) electrons. The third kappa shape index (κ3) is 5.38. The van der Waals surface area contributed by atoms with E-state index in [0.29, 0.717) is 13.0 Å². The molecule has 8 nitrogen and oxygen atoms in total. The summed E-state index contributed by atoms with van der Waals surface area (Å²) in [6.07, 6.45) is 0.000657. The number of aromatic nitrogens is 1. The Hall–Kier alpha value is -2.16. The number of hydrogen-bond donors (Lipinski definition) is 3. The van der Waals surface area contributed by atoms with E-state index in [4.69, 9.17) is 10.8 Å². The van der Waals surface area contributed by atoms with Gasteiger partial charge in [-0.1, -0.05) is 11.3 Å². The molecule has 2 amide bonds. The highest BCUT2D eigenvalue weighted by atomic mass is 32.1. The van der Waals surface area contributed by atoms with Gasteiger partial charge in [0.25, 0.3) is 0 Å². The Morgan fingerprint density at radius 3 is 2.62 bits per heavy atom. The number of amides is 2. The molecule has 0 aliphatic heterocycles. The van der Waals surface area contributed by atoms with Gasteiger partial charge in [-0.3, -0.25) is 14.4 Å². The molecular formula is C12H17N3O5S. The molecular weight excluding hydrogens is 298 g/mol. The van der Waals surface area contributed by atoms with E-state index in [1.165, 1.54) is 0 Å². The van der Waals surface area contributed by atoms with Crippen LogP contribution < -0.4 is 15.9 Å². The number of aliphatic carboxylic acids is 1. The fourth-order valence-corrected chi connectivity index (χ4v) is 2.50. The Balaban J connectivity index is 2.45. The molecule has 0 aliphatic rings. The molecule has 0 spiro atoms. The molecule has 1 aromatic heterocycles. The van der Waals surface area contributed by atoms with E-state index in [9.17, 15) is 19.2 Å². The number of thiazole rings is 1. The Labute approximate surface area is 124 Å². The summed E-state index contributed by atoms with van der Waals surface area (Å²) in [6, 6.07) is -1.32. The highest BCUT2D eigenvalue weighted by Gasteiger charge is 2.21. The Morgan fingerprint density at radius 1 is 1.48 bits per heavy atom. The zero-order valence-corrected chi connectivity index (χ0v) is 12.3. The number of nitrogens with two attached hydrogens (primary N) is 1. The molecule has 1 heterocycles. The number of carbonyl (C=O) groups is 3. The van der Waals surface area contributed by atoms with Crippen molar-refractivity contribution in [1.29, 1.82) is 0 Å². The van der Waals surface area contributed by atoms with Crippen molar-refractivity contribution in [3.63, 3.8) is 0 Å². The summed E-state index contributed by atoms with van der Waals surface area (Å²) in [5.41, 5.74) is 5.74. The smallest absolute Gasteiger partial charge is 0.326 e. The van der Waals surface area contributed by atoms with E-state index in [1.807, 2.05) is 0 Å². The number of hydrogen-bond acceptors (Lipinski definition) is 5. The summed E-state index contributed by atoms with van der Waals surface area (Å²) in [5, 5.41) is 12.8. The maximum Gasteiger partial charge on any atom is 0.326 e. The molecule has 21 heavy (non-hydrogen) atoms. The molecule has 9 heteroatoms. The standard InChI is InChI=1S/C12H17N3O5S/c1-7-6-21-12(20)15(7)4-2-3-10(17)14-8(11(18)19)5-9(13)16/h6,8H,2-5H2,1H3,(H2,13,16)(H,14,17)(H,18,19)/t8-/m0/s1. The molecule has 0 aromatic carbocycles. The first-order valence-corrected chi connectivity index (χ1v) is 7.14. The van der Waals surface area contributed by atoms with Gasteiger partial charge in [0, 0.05) is 24.0 Å². The van der Waals surface area contributed by atoms with Crippen molar-refractivity contribution in [3.05, 3.63) is 20.7 Å². The third-order valence-corrected chi connectivity index (χ3v) is 3.68. The summed E-state index contributed by atoms with van der Waals surface area (Å²) in [5.74, 6) is -2.61. The number of carboxylic acid groups (broad SMARTS) is 1. The molecule has 0 fully saturated rings. The topological polar surface area (TPSA) is 131 Å². The van der Waals surface area contributed by atoms with E-state index in [0.717, 1.165) is 17.0 Å². The lowest BCUT2D eigenvalue weighted by molar-refractivity contribution is -0.143. The summed E-state index contributed by atoms with van der Waals surface area (Å²) >= 11 is 1.09. The fraction of sp³-hybridized carbons (Fsp3) is 0.500. The van der Waals surface area contributed by atoms with Crippen molar-refractivity contribution in [2.45, 2.75) is 38.8 Å². The average molecular weight is 315 g/mol. The minimum atomic E-state index is -1.32. The Morgan fingerprint density at radius 2 is 2.14 bits per heavy atom. The molecule has 1 aromatic rings. The average Bonchev–Trinajstić information content (AvgIpc) is 2.69. The van der Waals surface area contributed by atoms with E-state index in [-0.39, 0.29) is 11.3 Å². The van der Waals surface area contributed by atoms with Gasteiger partial charge in [-0.15, -0.1) is 0 Å². The summed E-state index contributed by atoms with van der Waals surface area (Å²) in [7, 11) is 0. The molecule has 4 N–H and O–H groups in total. The summed E-state index contributed by atoms with van der Waals surface area (Å²) in [4.78, 5) is 44.6. The number of nitrogens with one attached hydrogen (secondary N) is 1. The van der Waals surface area contributed by atoms with Crippen LogP contribution in [0.1, 0.15) is 25.0 Å². The van der Waals surface area contributed by atoms with Crippen LogP contribution >= 0.6 is 11.3 Å². The second-order valence-electron chi connectivity index (χ2n) is 4.53. The van der Waals surface area contributed by atoms with Gasteiger partial charge in [-0.2, -0.15) is 0 Å². The molecule has 116 valence electrons. The maximum atomic E-state index is 11.6. The Kier molecular flexibility index (Phi) is 6.10. The van der Waals surface area contributed by atoms with Crippen LogP contribution in [0.2, 0.25) is 0 Å². The molecule has 1 atom stereocenters. The van der Waals surface area contributed by atoms with Crippen LogP contribution in [-0.4, -0.2) is 33.5 Å². The quantitative estimate of drug-likeness (QED) is 0.592. The van der Waals surface area contributed by atoms with Crippen molar-refractivity contribution in [2.24, 2.45) is 5.73 Å². The van der Waals surface area contributed by atoms with Gasteiger partial charge in [0.1, 0.15) is 6.04 Å². The second kappa shape index (κ2) is 7.58. The molecule has 0 bridgehead atoms. The van der Waals surface area contributed by atoms with Crippen LogP contribution in [0.25, 0.3) is 0 Å².